The number of aryl methyl sites for hydroxylation is 2. The van der Waals surface area contributed by atoms with Crippen LogP contribution in [-0.2, 0) is 5.54 Å². The van der Waals surface area contributed by atoms with Gasteiger partial charge in [-0.1, -0.05) is 49.9 Å². The van der Waals surface area contributed by atoms with Gasteiger partial charge in [0.05, 0.1) is 0 Å². The van der Waals surface area contributed by atoms with Gasteiger partial charge in [-0.2, -0.15) is 0 Å². The lowest BCUT2D eigenvalue weighted by atomic mass is 9.67. The first-order chi connectivity index (χ1) is 8.08. The van der Waals surface area contributed by atoms with Crippen LogP contribution >= 0.6 is 0 Å². The van der Waals surface area contributed by atoms with Crippen molar-refractivity contribution >= 4 is 0 Å². The number of hydrogen-bond donors (Lipinski definition) is 1. The Balaban J connectivity index is 2.41. The van der Waals surface area contributed by atoms with E-state index in [0.29, 0.717) is 5.92 Å². The molecule has 0 amide bonds. The largest absolute Gasteiger partial charge is 0.321 e. The molecule has 0 radical (unpaired) electrons. The topological polar surface area (TPSA) is 26.0 Å². The molecule has 1 nitrogen and oxygen atoms in total. The third-order valence-corrected chi connectivity index (χ3v) is 4.50. The molecule has 0 spiro atoms. The van der Waals surface area contributed by atoms with Crippen LogP contribution in [0.4, 0.5) is 0 Å². The summed E-state index contributed by atoms with van der Waals surface area (Å²) in [6.45, 7) is 6.64. The fraction of sp³-hybridized carbons (Fsp3) is 0.625. The minimum Gasteiger partial charge on any atom is -0.321 e. The van der Waals surface area contributed by atoms with Crippen LogP contribution in [-0.4, -0.2) is 0 Å². The highest BCUT2D eigenvalue weighted by molar-refractivity contribution is 5.36. The molecule has 0 saturated heterocycles. The Bertz CT molecular complexity index is 397. The molecule has 1 heteroatoms. The van der Waals surface area contributed by atoms with Crippen LogP contribution in [0, 0.1) is 19.8 Å². The highest BCUT2D eigenvalue weighted by Gasteiger charge is 2.38. The third kappa shape index (κ3) is 2.26. The molecule has 17 heavy (non-hydrogen) atoms. The summed E-state index contributed by atoms with van der Waals surface area (Å²) in [6.07, 6.45) is 6.27. The van der Waals surface area contributed by atoms with E-state index in [1.165, 1.54) is 42.4 Å². The highest BCUT2D eigenvalue weighted by atomic mass is 14.8. The Kier molecular flexibility index (Phi) is 3.58. The van der Waals surface area contributed by atoms with Gasteiger partial charge in [0.1, 0.15) is 0 Å². The molecule has 1 fully saturated rings. The van der Waals surface area contributed by atoms with Gasteiger partial charge >= 0.3 is 0 Å². The van der Waals surface area contributed by atoms with Crippen LogP contribution in [0.1, 0.15) is 55.7 Å². The molecule has 0 heterocycles. The van der Waals surface area contributed by atoms with Crippen molar-refractivity contribution in [1.82, 2.24) is 0 Å². The second kappa shape index (κ2) is 4.81. The number of benzene rings is 1. The lowest BCUT2D eigenvalue weighted by Gasteiger charge is -2.42. The molecular weight excluding hydrogens is 206 g/mol. The summed E-state index contributed by atoms with van der Waals surface area (Å²) in [6, 6.07) is 6.74. The summed E-state index contributed by atoms with van der Waals surface area (Å²) in [5.74, 6) is 0.651. The van der Waals surface area contributed by atoms with E-state index in [1.807, 2.05) is 0 Å². The van der Waals surface area contributed by atoms with E-state index in [4.69, 9.17) is 5.73 Å². The van der Waals surface area contributed by atoms with Gasteiger partial charge in [0.2, 0.25) is 0 Å². The van der Waals surface area contributed by atoms with Crippen LogP contribution in [0.2, 0.25) is 0 Å². The quantitative estimate of drug-likeness (QED) is 0.816. The average Bonchev–Trinajstić information content (AvgIpc) is 2.29. The molecule has 1 aromatic rings. The summed E-state index contributed by atoms with van der Waals surface area (Å²) in [5.41, 5.74) is 10.8. The molecule has 0 bridgehead atoms. The van der Waals surface area contributed by atoms with Crippen LogP contribution in [0.15, 0.2) is 18.2 Å². The van der Waals surface area contributed by atoms with E-state index in [1.54, 1.807) is 0 Å². The van der Waals surface area contributed by atoms with Gasteiger partial charge in [0.25, 0.3) is 0 Å². The second-order valence-electron chi connectivity index (χ2n) is 5.71. The number of nitrogens with two attached hydrogens (primary N) is 1. The summed E-state index contributed by atoms with van der Waals surface area (Å²) < 4.78 is 0. The van der Waals surface area contributed by atoms with E-state index in [2.05, 4.69) is 39.0 Å². The molecule has 2 rings (SSSR count). The van der Waals surface area contributed by atoms with Crippen molar-refractivity contribution in [2.75, 3.05) is 0 Å². The molecule has 1 saturated carbocycles. The maximum Gasteiger partial charge on any atom is 0.0440 e. The normalized spacial score (nSPS) is 29.3. The van der Waals surface area contributed by atoms with Gasteiger partial charge in [-0.3, -0.25) is 0 Å². The minimum atomic E-state index is -0.0786. The van der Waals surface area contributed by atoms with E-state index in [9.17, 15) is 0 Å². The molecule has 2 unspecified atom stereocenters. The predicted octanol–water partition coefficient (Wildman–Crippen LogP) is 4.06. The average molecular weight is 231 g/mol. The third-order valence-electron chi connectivity index (χ3n) is 4.50. The maximum atomic E-state index is 6.79. The lowest BCUT2D eigenvalue weighted by Crippen LogP contribution is -2.46. The van der Waals surface area contributed by atoms with Crippen molar-refractivity contribution < 1.29 is 0 Å². The zero-order valence-electron chi connectivity index (χ0n) is 11.4. The summed E-state index contributed by atoms with van der Waals surface area (Å²) in [7, 11) is 0. The summed E-state index contributed by atoms with van der Waals surface area (Å²) in [5, 5.41) is 0. The van der Waals surface area contributed by atoms with Crippen LogP contribution in [0.5, 0.6) is 0 Å². The SMILES string of the molecule is CCC1CCCCC1(N)c1ccc(C)cc1C. The molecule has 2 atom stereocenters. The summed E-state index contributed by atoms with van der Waals surface area (Å²) >= 11 is 0. The van der Waals surface area contributed by atoms with Crippen LogP contribution < -0.4 is 5.73 Å². The van der Waals surface area contributed by atoms with Crippen molar-refractivity contribution in [2.24, 2.45) is 11.7 Å². The minimum absolute atomic E-state index is 0.0786. The molecule has 0 aliphatic heterocycles. The fourth-order valence-electron chi connectivity index (χ4n) is 3.53. The summed E-state index contributed by atoms with van der Waals surface area (Å²) in [4.78, 5) is 0. The molecular formula is C16H25N. The van der Waals surface area contributed by atoms with Crippen molar-refractivity contribution in [3.8, 4) is 0 Å². The fourth-order valence-corrected chi connectivity index (χ4v) is 3.53. The first-order valence-electron chi connectivity index (χ1n) is 6.94. The smallest absolute Gasteiger partial charge is 0.0440 e. The Morgan fingerprint density at radius 3 is 2.71 bits per heavy atom. The predicted molar refractivity (Wildman–Crippen MR) is 74.0 cm³/mol. The lowest BCUT2D eigenvalue weighted by molar-refractivity contribution is 0.183. The molecule has 1 aromatic carbocycles. The second-order valence-corrected chi connectivity index (χ2v) is 5.71. The van der Waals surface area contributed by atoms with Gasteiger partial charge in [-0.15, -0.1) is 0 Å². The van der Waals surface area contributed by atoms with Crippen molar-refractivity contribution in [3.05, 3.63) is 34.9 Å². The first-order valence-corrected chi connectivity index (χ1v) is 6.94. The standard InChI is InChI=1S/C16H25N/c1-4-14-7-5-6-10-16(14,17)15-9-8-12(2)11-13(15)3/h8-9,11,14H,4-7,10,17H2,1-3H3. The molecule has 1 aliphatic rings. The zero-order valence-corrected chi connectivity index (χ0v) is 11.4. The van der Waals surface area contributed by atoms with Crippen molar-refractivity contribution in [1.29, 1.82) is 0 Å². The zero-order chi connectivity index (χ0) is 12.5. The molecule has 2 N–H and O–H groups in total. The number of rotatable bonds is 2. The Morgan fingerprint density at radius 2 is 2.06 bits per heavy atom. The highest BCUT2D eigenvalue weighted by Crippen LogP contribution is 2.42. The van der Waals surface area contributed by atoms with E-state index in [-0.39, 0.29) is 5.54 Å². The Morgan fingerprint density at radius 1 is 1.29 bits per heavy atom. The molecule has 1 aliphatic carbocycles. The molecule has 94 valence electrons. The van der Waals surface area contributed by atoms with E-state index in [0.717, 1.165) is 6.42 Å². The van der Waals surface area contributed by atoms with E-state index >= 15 is 0 Å². The van der Waals surface area contributed by atoms with Crippen molar-refractivity contribution in [3.63, 3.8) is 0 Å². The maximum absolute atomic E-state index is 6.79. The molecule has 0 aromatic heterocycles. The van der Waals surface area contributed by atoms with Gasteiger partial charge < -0.3 is 5.73 Å². The van der Waals surface area contributed by atoms with Gasteiger partial charge in [0, 0.05) is 5.54 Å². The van der Waals surface area contributed by atoms with Crippen LogP contribution in [0.3, 0.4) is 0 Å². The van der Waals surface area contributed by atoms with Crippen LogP contribution in [0.25, 0.3) is 0 Å². The Labute approximate surface area is 105 Å². The van der Waals surface area contributed by atoms with Gasteiger partial charge in [0.15, 0.2) is 0 Å². The Hall–Kier alpha value is -0.820. The van der Waals surface area contributed by atoms with E-state index < -0.39 is 0 Å². The monoisotopic (exact) mass is 231 g/mol. The number of hydrogen-bond acceptors (Lipinski definition) is 1. The first kappa shape index (κ1) is 12.6. The van der Waals surface area contributed by atoms with Crippen molar-refractivity contribution in [2.45, 2.75) is 58.4 Å². The van der Waals surface area contributed by atoms with Gasteiger partial charge in [-0.25, -0.2) is 0 Å². The van der Waals surface area contributed by atoms with Gasteiger partial charge in [-0.05, 0) is 43.7 Å².